The molecule has 1 amide bonds. The van der Waals surface area contributed by atoms with Crippen LogP contribution in [0.25, 0.3) is 16.6 Å². The fourth-order valence-electron chi connectivity index (χ4n) is 3.39. The number of aromatic nitrogens is 2. The molecule has 0 aliphatic heterocycles. The van der Waals surface area contributed by atoms with Crippen molar-refractivity contribution in [3.63, 3.8) is 0 Å². The minimum Gasteiger partial charge on any atom is -0.435 e. The Morgan fingerprint density at radius 3 is 2.44 bits per heavy atom. The molecule has 3 aromatic carbocycles. The molecule has 0 unspecified atom stereocenters. The van der Waals surface area contributed by atoms with Crippen molar-refractivity contribution in [2.45, 2.75) is 18.2 Å². The van der Waals surface area contributed by atoms with Crippen LogP contribution in [0.1, 0.15) is 5.56 Å². The first kappa shape index (κ1) is 23.4. The predicted octanol–water partition coefficient (Wildman–Crippen LogP) is 4.44. The maximum absolute atomic E-state index is 13.2. The van der Waals surface area contributed by atoms with Gasteiger partial charge in [0.25, 0.3) is 5.56 Å². The van der Waals surface area contributed by atoms with E-state index >= 15 is 0 Å². The van der Waals surface area contributed by atoms with Crippen LogP contribution in [0.4, 0.5) is 8.78 Å². The van der Waals surface area contributed by atoms with E-state index in [-0.39, 0.29) is 23.0 Å². The number of hydrogen-bond donors (Lipinski definition) is 1. The SMILES string of the molecule is O=C(CSc1nc2ccccc2c(=O)n1-c1ccc(OC(F)F)cc1)NCCc1ccccc1. The van der Waals surface area contributed by atoms with Crippen LogP contribution in [0.2, 0.25) is 0 Å². The largest absolute Gasteiger partial charge is 0.435 e. The Labute approximate surface area is 198 Å². The maximum Gasteiger partial charge on any atom is 0.387 e. The molecular formula is C25H21F2N3O3S. The summed E-state index contributed by atoms with van der Waals surface area (Å²) >= 11 is 1.13. The number of benzene rings is 3. The van der Waals surface area contributed by atoms with E-state index in [1.807, 2.05) is 30.3 Å². The molecule has 0 radical (unpaired) electrons. The third kappa shape index (κ3) is 5.79. The zero-order valence-corrected chi connectivity index (χ0v) is 18.8. The highest BCUT2D eigenvalue weighted by molar-refractivity contribution is 7.99. The highest BCUT2D eigenvalue weighted by Crippen LogP contribution is 2.23. The Hall–Kier alpha value is -3.72. The third-order valence-corrected chi connectivity index (χ3v) is 5.91. The number of nitrogens with one attached hydrogen (secondary N) is 1. The topological polar surface area (TPSA) is 73.2 Å². The Morgan fingerprint density at radius 2 is 1.71 bits per heavy atom. The molecule has 0 saturated carbocycles. The van der Waals surface area contributed by atoms with E-state index in [9.17, 15) is 18.4 Å². The summed E-state index contributed by atoms with van der Waals surface area (Å²) in [6, 6.07) is 22.4. The molecule has 9 heteroatoms. The Morgan fingerprint density at radius 1 is 1.00 bits per heavy atom. The van der Waals surface area contributed by atoms with Crippen LogP contribution in [0.5, 0.6) is 5.75 Å². The van der Waals surface area contributed by atoms with Crippen LogP contribution in [0.15, 0.2) is 88.8 Å². The average molecular weight is 482 g/mol. The number of hydrogen-bond acceptors (Lipinski definition) is 5. The molecule has 0 bridgehead atoms. The van der Waals surface area contributed by atoms with Crippen molar-refractivity contribution in [1.29, 1.82) is 0 Å². The lowest BCUT2D eigenvalue weighted by atomic mass is 10.1. The van der Waals surface area contributed by atoms with E-state index in [4.69, 9.17) is 0 Å². The van der Waals surface area contributed by atoms with Crippen LogP contribution in [-0.2, 0) is 11.2 Å². The predicted molar refractivity (Wildman–Crippen MR) is 128 cm³/mol. The molecule has 0 aliphatic carbocycles. The number of rotatable bonds is 9. The number of nitrogens with zero attached hydrogens (tertiary/aromatic N) is 2. The van der Waals surface area contributed by atoms with Gasteiger partial charge in [-0.1, -0.05) is 54.2 Å². The maximum atomic E-state index is 13.2. The van der Waals surface area contributed by atoms with E-state index in [1.54, 1.807) is 24.3 Å². The molecule has 174 valence electrons. The van der Waals surface area contributed by atoms with Gasteiger partial charge in [-0.25, -0.2) is 4.98 Å². The highest BCUT2D eigenvalue weighted by atomic mass is 32.2. The summed E-state index contributed by atoms with van der Waals surface area (Å²) in [6.07, 6.45) is 0.712. The first-order valence-electron chi connectivity index (χ1n) is 10.5. The lowest BCUT2D eigenvalue weighted by Crippen LogP contribution is -2.28. The zero-order chi connectivity index (χ0) is 23.9. The summed E-state index contributed by atoms with van der Waals surface area (Å²) < 4.78 is 30.7. The normalized spacial score (nSPS) is 11.0. The van der Waals surface area contributed by atoms with Crippen LogP contribution < -0.4 is 15.6 Å². The van der Waals surface area contributed by atoms with Gasteiger partial charge in [0.05, 0.1) is 22.3 Å². The molecular weight excluding hydrogens is 460 g/mol. The summed E-state index contributed by atoms with van der Waals surface area (Å²) in [5.41, 5.74) is 1.74. The van der Waals surface area contributed by atoms with Crippen molar-refractivity contribution >= 4 is 28.6 Å². The van der Waals surface area contributed by atoms with Crippen molar-refractivity contribution in [3.05, 3.63) is 94.8 Å². The van der Waals surface area contributed by atoms with E-state index < -0.39 is 6.61 Å². The number of carbonyl (C=O) groups excluding carboxylic acids is 1. The third-order valence-electron chi connectivity index (χ3n) is 4.98. The molecule has 0 atom stereocenters. The van der Waals surface area contributed by atoms with Gasteiger partial charge in [0.15, 0.2) is 5.16 Å². The molecule has 1 aromatic heterocycles. The van der Waals surface area contributed by atoms with Crippen molar-refractivity contribution in [3.8, 4) is 11.4 Å². The van der Waals surface area contributed by atoms with Crippen molar-refractivity contribution in [1.82, 2.24) is 14.9 Å². The number of para-hydroxylation sites is 1. The molecule has 0 aliphatic rings. The van der Waals surface area contributed by atoms with Gasteiger partial charge in [-0.2, -0.15) is 8.78 Å². The minimum atomic E-state index is -2.94. The van der Waals surface area contributed by atoms with Crippen molar-refractivity contribution < 1.29 is 18.3 Å². The second-order valence-corrected chi connectivity index (χ2v) is 8.24. The monoisotopic (exact) mass is 481 g/mol. The first-order valence-corrected chi connectivity index (χ1v) is 11.5. The number of amides is 1. The molecule has 1 N–H and O–H groups in total. The van der Waals surface area contributed by atoms with Crippen LogP contribution >= 0.6 is 11.8 Å². The minimum absolute atomic E-state index is 0.0208. The number of ether oxygens (including phenoxy) is 1. The van der Waals surface area contributed by atoms with E-state index in [1.165, 1.54) is 28.8 Å². The lowest BCUT2D eigenvalue weighted by molar-refractivity contribution is -0.118. The number of carbonyl (C=O) groups is 1. The van der Waals surface area contributed by atoms with Crippen molar-refractivity contribution in [2.24, 2.45) is 0 Å². The number of fused-ring (bicyclic) bond motifs is 1. The second-order valence-electron chi connectivity index (χ2n) is 7.30. The molecule has 4 aromatic rings. The summed E-state index contributed by atoms with van der Waals surface area (Å²) in [7, 11) is 0. The molecule has 34 heavy (non-hydrogen) atoms. The fraction of sp³-hybridized carbons (Fsp3) is 0.160. The van der Waals surface area contributed by atoms with Gasteiger partial charge in [-0.05, 0) is 48.4 Å². The molecule has 0 fully saturated rings. The molecule has 0 saturated heterocycles. The standard InChI is InChI=1S/C25H21F2N3O3S/c26-24(27)33-19-12-10-18(11-13-19)30-23(32)20-8-4-5-9-21(20)29-25(30)34-16-22(31)28-15-14-17-6-2-1-3-7-17/h1-13,24H,14-16H2,(H,28,31). The van der Waals surface area contributed by atoms with E-state index in [2.05, 4.69) is 15.0 Å². The second kappa shape index (κ2) is 10.9. The zero-order valence-electron chi connectivity index (χ0n) is 18.0. The van der Waals surface area contributed by atoms with Gasteiger partial charge in [-0.15, -0.1) is 0 Å². The summed E-state index contributed by atoms with van der Waals surface area (Å²) in [6.45, 7) is -2.45. The fourth-order valence-corrected chi connectivity index (χ4v) is 4.23. The van der Waals surface area contributed by atoms with Gasteiger partial charge in [0.2, 0.25) is 5.91 Å². The first-order chi connectivity index (χ1) is 16.5. The molecule has 4 rings (SSSR count). The van der Waals surface area contributed by atoms with Crippen LogP contribution in [0, 0.1) is 0 Å². The van der Waals surface area contributed by atoms with Gasteiger partial charge in [0.1, 0.15) is 5.75 Å². The lowest BCUT2D eigenvalue weighted by Gasteiger charge is -2.14. The van der Waals surface area contributed by atoms with E-state index in [0.717, 1.165) is 17.3 Å². The van der Waals surface area contributed by atoms with E-state index in [0.29, 0.717) is 34.7 Å². The van der Waals surface area contributed by atoms with Gasteiger partial charge in [0, 0.05) is 6.54 Å². The summed E-state index contributed by atoms with van der Waals surface area (Å²) in [5, 5.41) is 3.61. The number of thioether (sulfide) groups is 1. The Bertz CT molecular complexity index is 1330. The van der Waals surface area contributed by atoms with Gasteiger partial charge < -0.3 is 10.1 Å². The Kier molecular flexibility index (Phi) is 7.54. The van der Waals surface area contributed by atoms with Crippen LogP contribution in [-0.4, -0.2) is 34.4 Å². The quantitative estimate of drug-likeness (QED) is 0.283. The average Bonchev–Trinajstić information content (AvgIpc) is 2.84. The molecule has 0 spiro atoms. The number of alkyl halides is 2. The Balaban J connectivity index is 1.54. The smallest absolute Gasteiger partial charge is 0.387 e. The molecule has 6 nitrogen and oxygen atoms in total. The summed E-state index contributed by atoms with van der Waals surface area (Å²) in [4.78, 5) is 30.2. The summed E-state index contributed by atoms with van der Waals surface area (Å²) in [5.74, 6) is -0.144. The van der Waals surface area contributed by atoms with Gasteiger partial charge in [-0.3, -0.25) is 14.2 Å². The molecule has 1 heterocycles. The van der Waals surface area contributed by atoms with Crippen molar-refractivity contribution in [2.75, 3.05) is 12.3 Å². The highest BCUT2D eigenvalue weighted by Gasteiger charge is 2.15. The van der Waals surface area contributed by atoms with Crippen LogP contribution in [0.3, 0.4) is 0 Å². The number of halogens is 2. The van der Waals surface area contributed by atoms with Gasteiger partial charge >= 0.3 is 6.61 Å².